The fourth-order valence-electron chi connectivity index (χ4n) is 3.47. The number of hydrogen-bond donors (Lipinski definition) is 5. The first-order chi connectivity index (χ1) is 14.2. The van der Waals surface area contributed by atoms with Gasteiger partial charge in [0.05, 0.1) is 19.8 Å². The van der Waals surface area contributed by atoms with Crippen LogP contribution in [0.4, 0.5) is 10.2 Å². The average molecular weight is 424 g/mol. The number of aryl methyl sites for hydroxylation is 2. The molecule has 0 radical (unpaired) electrons. The maximum atomic E-state index is 12.8. The van der Waals surface area contributed by atoms with Crippen molar-refractivity contribution in [3.05, 3.63) is 57.6 Å². The van der Waals surface area contributed by atoms with Crippen LogP contribution in [0.1, 0.15) is 22.9 Å². The van der Waals surface area contributed by atoms with Gasteiger partial charge < -0.3 is 31.0 Å². The fraction of sp³-hybridized carbons (Fsp3) is 0.474. The van der Waals surface area contributed by atoms with Crippen LogP contribution in [0.3, 0.4) is 0 Å². The molecule has 0 aliphatic carbocycles. The molecule has 1 fully saturated rings. The molecule has 1 aliphatic heterocycles. The molecule has 6 N–H and O–H groups in total. The van der Waals surface area contributed by atoms with Gasteiger partial charge in [-0.15, -0.1) is 5.06 Å². The summed E-state index contributed by atoms with van der Waals surface area (Å²) in [6, 6.07) is 7.03. The number of hydroxylamine groups is 2. The summed E-state index contributed by atoms with van der Waals surface area (Å²) in [5.74, 6) is -0.231. The van der Waals surface area contributed by atoms with Crippen molar-refractivity contribution < 1.29 is 29.7 Å². The van der Waals surface area contributed by atoms with E-state index in [9.17, 15) is 29.7 Å². The minimum absolute atomic E-state index is 0.136. The Kier molecular flexibility index (Phi) is 6.50. The molecule has 1 aromatic heterocycles. The van der Waals surface area contributed by atoms with Crippen LogP contribution in [-0.4, -0.2) is 66.4 Å². The van der Waals surface area contributed by atoms with Crippen LogP contribution in [0.2, 0.25) is 0 Å². The third-order valence-corrected chi connectivity index (χ3v) is 5.22. The molecule has 164 valence electrons. The van der Waals surface area contributed by atoms with Gasteiger partial charge in [0, 0.05) is 18.2 Å². The summed E-state index contributed by atoms with van der Waals surface area (Å²) in [4.78, 5) is 16.1. The zero-order valence-corrected chi connectivity index (χ0v) is 16.3. The van der Waals surface area contributed by atoms with E-state index in [4.69, 9.17) is 10.5 Å². The zero-order chi connectivity index (χ0) is 22.1. The summed E-state index contributed by atoms with van der Waals surface area (Å²) in [6.07, 6.45) is -3.88. The number of halogens is 1. The number of nitrogens with two attached hydrogens (primary N) is 1. The van der Waals surface area contributed by atoms with E-state index in [1.807, 2.05) is 6.92 Å². The molecule has 1 aliphatic rings. The number of hydrogen-bond acceptors (Lipinski definition) is 9. The van der Waals surface area contributed by atoms with Crippen LogP contribution < -0.4 is 11.4 Å². The Morgan fingerprint density at radius 2 is 2.03 bits per heavy atom. The van der Waals surface area contributed by atoms with Crippen LogP contribution in [0, 0.1) is 6.92 Å². The van der Waals surface area contributed by atoms with Gasteiger partial charge in [-0.1, -0.05) is 29.8 Å². The zero-order valence-electron chi connectivity index (χ0n) is 16.3. The van der Waals surface area contributed by atoms with Gasteiger partial charge in [0.15, 0.2) is 6.23 Å². The Morgan fingerprint density at radius 1 is 1.37 bits per heavy atom. The Hall–Kier alpha value is -2.41. The normalized spacial score (nSPS) is 26.4. The first kappa shape index (κ1) is 22.3. The van der Waals surface area contributed by atoms with E-state index < -0.39 is 43.1 Å². The van der Waals surface area contributed by atoms with Crippen LogP contribution >= 0.6 is 0 Å². The minimum Gasteiger partial charge on any atom is -0.394 e. The Morgan fingerprint density at radius 3 is 2.63 bits per heavy atom. The van der Waals surface area contributed by atoms with Crippen molar-refractivity contribution in [3.8, 4) is 0 Å². The lowest BCUT2D eigenvalue weighted by Crippen LogP contribution is -2.59. The van der Waals surface area contributed by atoms with Crippen molar-refractivity contribution in [2.45, 2.75) is 44.1 Å². The third kappa shape index (κ3) is 3.83. The second-order valence-corrected chi connectivity index (χ2v) is 7.24. The number of ether oxygens (including phenoxy) is 1. The quantitative estimate of drug-likeness (QED) is 0.292. The molecular weight excluding hydrogens is 399 g/mol. The second-order valence-electron chi connectivity index (χ2n) is 7.24. The topological polar surface area (TPSA) is 154 Å². The van der Waals surface area contributed by atoms with E-state index in [-0.39, 0.29) is 24.3 Å². The Bertz CT molecular complexity index is 940. The van der Waals surface area contributed by atoms with Crippen molar-refractivity contribution in [1.29, 1.82) is 0 Å². The fourth-order valence-corrected chi connectivity index (χ4v) is 3.47. The highest BCUT2D eigenvalue weighted by molar-refractivity contribution is 5.39. The molecule has 30 heavy (non-hydrogen) atoms. The van der Waals surface area contributed by atoms with Crippen molar-refractivity contribution >= 4 is 5.82 Å². The first-order valence-electron chi connectivity index (χ1n) is 9.34. The summed E-state index contributed by atoms with van der Waals surface area (Å²) in [5, 5.41) is 42.6. The van der Waals surface area contributed by atoms with Gasteiger partial charge >= 0.3 is 5.69 Å². The maximum Gasteiger partial charge on any atom is 0.351 e. The van der Waals surface area contributed by atoms with Crippen molar-refractivity contribution in [1.82, 2.24) is 14.6 Å². The van der Waals surface area contributed by atoms with Crippen LogP contribution in [-0.2, 0) is 17.7 Å². The Labute approximate surface area is 171 Å². The molecule has 1 saturated heterocycles. The molecule has 2 heterocycles. The van der Waals surface area contributed by atoms with Gasteiger partial charge in [0.2, 0.25) is 5.72 Å². The monoisotopic (exact) mass is 424 g/mol. The predicted molar refractivity (Wildman–Crippen MR) is 103 cm³/mol. The van der Waals surface area contributed by atoms with Crippen molar-refractivity contribution in [3.63, 3.8) is 0 Å². The molecule has 10 nitrogen and oxygen atoms in total. The van der Waals surface area contributed by atoms with Gasteiger partial charge in [-0.2, -0.15) is 0 Å². The Balaban J connectivity index is 2.05. The van der Waals surface area contributed by atoms with Crippen molar-refractivity contribution in [2.75, 3.05) is 19.0 Å². The second kappa shape index (κ2) is 8.76. The standard InChI is InChI=1S/C19H25FN4O6/c1-11-2-4-12(5-3-11)9-23(29)19(28)15(26)14(10-25)30-17(19)24-16(21)13(6-7-20)8-22-18(24)27/h2-5,8,14-15,17,25-26,28-29H,6-7,9-10,21H2,1H3/t14-,15-,17?,19-/m1/s1. The molecule has 2 aromatic rings. The van der Waals surface area contributed by atoms with Gasteiger partial charge in [0.1, 0.15) is 18.0 Å². The minimum atomic E-state index is -2.56. The highest BCUT2D eigenvalue weighted by Gasteiger charge is 2.60. The molecule has 4 atom stereocenters. The summed E-state index contributed by atoms with van der Waals surface area (Å²) >= 11 is 0. The smallest absolute Gasteiger partial charge is 0.351 e. The van der Waals surface area contributed by atoms with Gasteiger partial charge in [0.25, 0.3) is 0 Å². The van der Waals surface area contributed by atoms with E-state index in [0.29, 0.717) is 10.6 Å². The SMILES string of the molecule is Cc1ccc(CN(O)[C@]2(O)C(n3c(N)c(CCF)cnc3=O)O[C@H](CO)[C@H]2O)cc1. The maximum absolute atomic E-state index is 12.8. The number of aromatic nitrogens is 2. The lowest BCUT2D eigenvalue weighted by molar-refractivity contribution is -0.317. The lowest BCUT2D eigenvalue weighted by Gasteiger charge is -2.38. The van der Waals surface area contributed by atoms with Gasteiger partial charge in [-0.3, -0.25) is 4.39 Å². The number of rotatable bonds is 7. The molecule has 1 aromatic carbocycles. The van der Waals surface area contributed by atoms with Gasteiger partial charge in [-0.05, 0) is 12.5 Å². The molecule has 11 heteroatoms. The van der Waals surface area contributed by atoms with E-state index >= 15 is 0 Å². The van der Waals surface area contributed by atoms with E-state index in [1.165, 1.54) is 0 Å². The lowest BCUT2D eigenvalue weighted by atomic mass is 10.0. The number of aliphatic hydroxyl groups excluding tert-OH is 2. The number of alkyl halides is 1. The number of anilines is 1. The van der Waals surface area contributed by atoms with E-state index in [1.54, 1.807) is 24.3 Å². The van der Waals surface area contributed by atoms with E-state index in [2.05, 4.69) is 4.98 Å². The highest BCUT2D eigenvalue weighted by Crippen LogP contribution is 2.41. The molecule has 0 saturated carbocycles. The molecule has 0 bridgehead atoms. The number of nitrogens with zero attached hydrogens (tertiary/aromatic N) is 3. The van der Waals surface area contributed by atoms with Crippen LogP contribution in [0.25, 0.3) is 0 Å². The summed E-state index contributed by atoms with van der Waals surface area (Å²) in [7, 11) is 0. The van der Waals surface area contributed by atoms with E-state index in [0.717, 1.165) is 16.3 Å². The third-order valence-electron chi connectivity index (χ3n) is 5.22. The largest absolute Gasteiger partial charge is 0.394 e. The summed E-state index contributed by atoms with van der Waals surface area (Å²) in [5.41, 5.74) is 4.26. The van der Waals surface area contributed by atoms with Gasteiger partial charge in [-0.25, -0.2) is 14.3 Å². The average Bonchev–Trinajstić information content (AvgIpc) is 2.98. The van der Waals surface area contributed by atoms with Crippen LogP contribution in [0.15, 0.2) is 35.3 Å². The van der Waals surface area contributed by atoms with Crippen molar-refractivity contribution in [2.24, 2.45) is 0 Å². The number of nitrogen functional groups attached to an aromatic ring is 1. The molecule has 0 amide bonds. The molecule has 3 rings (SSSR count). The molecule has 0 spiro atoms. The molecule has 1 unspecified atom stereocenters. The molecular formula is C19H25FN4O6. The summed E-state index contributed by atoms with van der Waals surface area (Å²) in [6.45, 7) is 0.182. The number of aliphatic hydroxyl groups is 3. The highest BCUT2D eigenvalue weighted by atomic mass is 19.1. The number of benzene rings is 1. The predicted octanol–water partition coefficient (Wildman–Crippen LogP) is -0.523. The van der Waals surface area contributed by atoms with Crippen LogP contribution in [0.5, 0.6) is 0 Å². The first-order valence-corrected chi connectivity index (χ1v) is 9.34. The summed E-state index contributed by atoms with van der Waals surface area (Å²) < 4.78 is 19.1.